The second kappa shape index (κ2) is 4.82. The van der Waals surface area contributed by atoms with Crippen molar-refractivity contribution in [3.8, 4) is 0 Å². The third kappa shape index (κ3) is 2.33. The summed E-state index contributed by atoms with van der Waals surface area (Å²) in [5.41, 5.74) is 0. The summed E-state index contributed by atoms with van der Waals surface area (Å²) in [6, 6.07) is 5.05. The Kier molecular flexibility index (Phi) is 3.18. The van der Waals surface area contributed by atoms with Crippen LogP contribution in [0, 0.1) is 5.92 Å². The third-order valence-corrected chi connectivity index (χ3v) is 4.46. The molecule has 0 amide bonds. The van der Waals surface area contributed by atoms with Gasteiger partial charge in [-0.2, -0.15) is 0 Å². The van der Waals surface area contributed by atoms with Crippen molar-refractivity contribution in [3.63, 3.8) is 0 Å². The summed E-state index contributed by atoms with van der Waals surface area (Å²) in [4.78, 5) is 1.44. The molecule has 2 atom stereocenters. The number of nitrogens with one attached hydrogen (secondary N) is 1. The Morgan fingerprint density at radius 3 is 2.89 bits per heavy atom. The van der Waals surface area contributed by atoms with Crippen molar-refractivity contribution >= 4 is 11.3 Å². The standard InChI is InChI=1S/C13H18N4S/c1-9(13-16-14-8-17(13)2)15-12(10-5-6-10)11-4-3-7-18-11/h3-4,7-10,12,15H,5-6H2,1-2H3. The number of aromatic nitrogens is 3. The summed E-state index contributed by atoms with van der Waals surface area (Å²) < 4.78 is 1.98. The summed E-state index contributed by atoms with van der Waals surface area (Å²) in [7, 11) is 1.99. The first kappa shape index (κ1) is 11.9. The van der Waals surface area contributed by atoms with E-state index in [0.29, 0.717) is 6.04 Å². The first-order valence-corrected chi connectivity index (χ1v) is 7.27. The monoisotopic (exact) mass is 262 g/mol. The molecule has 0 aliphatic heterocycles. The van der Waals surface area contributed by atoms with Crippen molar-refractivity contribution in [2.75, 3.05) is 0 Å². The van der Waals surface area contributed by atoms with Crippen molar-refractivity contribution < 1.29 is 0 Å². The zero-order valence-electron chi connectivity index (χ0n) is 10.7. The van der Waals surface area contributed by atoms with E-state index in [1.54, 1.807) is 6.33 Å². The first-order chi connectivity index (χ1) is 8.75. The van der Waals surface area contributed by atoms with E-state index in [1.807, 2.05) is 23.0 Å². The number of rotatable bonds is 5. The van der Waals surface area contributed by atoms with Gasteiger partial charge in [-0.15, -0.1) is 21.5 Å². The Bertz CT molecular complexity index is 501. The molecule has 1 N–H and O–H groups in total. The van der Waals surface area contributed by atoms with Crippen LogP contribution >= 0.6 is 11.3 Å². The summed E-state index contributed by atoms with van der Waals surface area (Å²) in [6.07, 6.45) is 4.42. The predicted molar refractivity (Wildman–Crippen MR) is 72.3 cm³/mol. The highest BCUT2D eigenvalue weighted by atomic mass is 32.1. The highest BCUT2D eigenvalue weighted by Gasteiger charge is 2.34. The lowest BCUT2D eigenvalue weighted by Crippen LogP contribution is -2.27. The molecule has 5 heteroatoms. The minimum atomic E-state index is 0.227. The summed E-state index contributed by atoms with van der Waals surface area (Å²) in [5, 5.41) is 14.0. The molecule has 0 aromatic carbocycles. The minimum Gasteiger partial charge on any atom is -0.319 e. The van der Waals surface area contributed by atoms with Gasteiger partial charge in [0.25, 0.3) is 0 Å². The smallest absolute Gasteiger partial charge is 0.149 e. The van der Waals surface area contributed by atoms with Gasteiger partial charge in [0.15, 0.2) is 0 Å². The second-order valence-corrected chi connectivity index (χ2v) is 6.00. The lowest BCUT2D eigenvalue weighted by Gasteiger charge is -2.21. The average Bonchev–Trinajstić information content (AvgIpc) is 2.88. The molecule has 0 bridgehead atoms. The molecule has 0 saturated heterocycles. The van der Waals surface area contributed by atoms with Crippen LogP contribution in [-0.4, -0.2) is 14.8 Å². The fourth-order valence-electron chi connectivity index (χ4n) is 2.38. The van der Waals surface area contributed by atoms with E-state index in [1.165, 1.54) is 17.7 Å². The molecule has 18 heavy (non-hydrogen) atoms. The Hall–Kier alpha value is -1.20. The normalized spacial score (nSPS) is 18.8. The van der Waals surface area contributed by atoms with Gasteiger partial charge in [-0.25, -0.2) is 0 Å². The topological polar surface area (TPSA) is 42.7 Å². The van der Waals surface area contributed by atoms with Gasteiger partial charge in [0, 0.05) is 18.0 Å². The lowest BCUT2D eigenvalue weighted by molar-refractivity contribution is 0.414. The molecular formula is C13H18N4S. The van der Waals surface area contributed by atoms with Gasteiger partial charge in [0.05, 0.1) is 6.04 Å². The quantitative estimate of drug-likeness (QED) is 0.901. The number of hydrogen-bond donors (Lipinski definition) is 1. The van der Waals surface area contributed by atoms with E-state index in [-0.39, 0.29) is 6.04 Å². The molecular weight excluding hydrogens is 244 g/mol. The van der Waals surface area contributed by atoms with E-state index in [9.17, 15) is 0 Å². The van der Waals surface area contributed by atoms with Gasteiger partial charge in [0.1, 0.15) is 12.2 Å². The molecule has 2 unspecified atom stereocenters. The van der Waals surface area contributed by atoms with Gasteiger partial charge in [-0.3, -0.25) is 5.32 Å². The average molecular weight is 262 g/mol. The maximum absolute atomic E-state index is 4.18. The van der Waals surface area contributed by atoms with Crippen LogP contribution in [0.2, 0.25) is 0 Å². The van der Waals surface area contributed by atoms with Gasteiger partial charge >= 0.3 is 0 Å². The van der Waals surface area contributed by atoms with Crippen LogP contribution < -0.4 is 5.32 Å². The van der Waals surface area contributed by atoms with Crippen LogP contribution in [0.4, 0.5) is 0 Å². The van der Waals surface area contributed by atoms with Crippen molar-refractivity contribution in [3.05, 3.63) is 34.5 Å². The van der Waals surface area contributed by atoms with Crippen molar-refractivity contribution in [2.45, 2.75) is 31.8 Å². The molecule has 3 rings (SSSR count). The Balaban J connectivity index is 1.75. The van der Waals surface area contributed by atoms with Gasteiger partial charge < -0.3 is 4.57 Å². The van der Waals surface area contributed by atoms with E-state index >= 15 is 0 Å². The molecule has 1 aliphatic carbocycles. The van der Waals surface area contributed by atoms with Crippen molar-refractivity contribution in [2.24, 2.45) is 13.0 Å². The molecule has 96 valence electrons. The maximum Gasteiger partial charge on any atom is 0.149 e. The third-order valence-electron chi connectivity index (χ3n) is 3.51. The van der Waals surface area contributed by atoms with Crippen LogP contribution in [-0.2, 0) is 7.05 Å². The number of thiophene rings is 1. The summed E-state index contributed by atoms with van der Waals surface area (Å²) in [5.74, 6) is 1.79. The van der Waals surface area contributed by atoms with Crippen molar-refractivity contribution in [1.29, 1.82) is 0 Å². The molecule has 1 aliphatic rings. The van der Waals surface area contributed by atoms with Gasteiger partial charge in [-0.1, -0.05) is 6.07 Å². The number of aryl methyl sites for hydroxylation is 1. The fraction of sp³-hybridized carbons (Fsp3) is 0.538. The molecule has 2 aromatic rings. The van der Waals surface area contributed by atoms with Crippen LogP contribution in [0.5, 0.6) is 0 Å². The van der Waals surface area contributed by atoms with Crippen molar-refractivity contribution in [1.82, 2.24) is 20.1 Å². The van der Waals surface area contributed by atoms with Crippen LogP contribution in [0.3, 0.4) is 0 Å². The van der Waals surface area contributed by atoms with Gasteiger partial charge in [0.2, 0.25) is 0 Å². The van der Waals surface area contributed by atoms with E-state index in [0.717, 1.165) is 11.7 Å². The summed E-state index contributed by atoms with van der Waals surface area (Å²) >= 11 is 1.84. The maximum atomic E-state index is 4.18. The minimum absolute atomic E-state index is 0.227. The zero-order valence-corrected chi connectivity index (χ0v) is 11.5. The first-order valence-electron chi connectivity index (χ1n) is 6.39. The number of nitrogens with zero attached hydrogens (tertiary/aromatic N) is 3. The zero-order chi connectivity index (χ0) is 12.5. The molecule has 2 heterocycles. The van der Waals surface area contributed by atoms with E-state index in [4.69, 9.17) is 0 Å². The van der Waals surface area contributed by atoms with Gasteiger partial charge in [-0.05, 0) is 37.1 Å². The highest BCUT2D eigenvalue weighted by Crippen LogP contribution is 2.43. The SMILES string of the molecule is CC(NC(c1cccs1)C1CC1)c1nncn1C. The molecule has 2 aromatic heterocycles. The number of hydrogen-bond acceptors (Lipinski definition) is 4. The van der Waals surface area contributed by atoms with Crippen LogP contribution in [0.1, 0.15) is 42.6 Å². The van der Waals surface area contributed by atoms with Crippen LogP contribution in [0.15, 0.2) is 23.8 Å². The molecule has 1 fully saturated rings. The molecule has 0 radical (unpaired) electrons. The largest absolute Gasteiger partial charge is 0.319 e. The van der Waals surface area contributed by atoms with Crippen LogP contribution in [0.25, 0.3) is 0 Å². The molecule has 4 nitrogen and oxygen atoms in total. The summed E-state index contributed by atoms with van der Waals surface area (Å²) in [6.45, 7) is 2.16. The molecule has 0 spiro atoms. The predicted octanol–water partition coefficient (Wildman–Crippen LogP) is 2.68. The highest BCUT2D eigenvalue weighted by molar-refractivity contribution is 7.10. The Labute approximate surface area is 111 Å². The lowest BCUT2D eigenvalue weighted by atomic mass is 10.1. The molecule has 1 saturated carbocycles. The van der Waals surface area contributed by atoms with E-state index in [2.05, 4.69) is 40.0 Å². The fourth-order valence-corrected chi connectivity index (χ4v) is 3.25. The van der Waals surface area contributed by atoms with E-state index < -0.39 is 0 Å². The second-order valence-electron chi connectivity index (χ2n) is 5.02. The Morgan fingerprint density at radius 1 is 1.50 bits per heavy atom. The Morgan fingerprint density at radius 2 is 2.33 bits per heavy atom.